The molecule has 0 spiro atoms. The third kappa shape index (κ3) is 3.08. The molecule has 0 aliphatic carbocycles. The van der Waals surface area contributed by atoms with Crippen LogP contribution in [0.1, 0.15) is 29.2 Å². The molecule has 2 atom stereocenters. The maximum Gasteiger partial charge on any atom is 0.206 e. The minimum absolute atomic E-state index is 0.00344. The molecule has 1 aromatic heterocycles. The summed E-state index contributed by atoms with van der Waals surface area (Å²) in [4.78, 5) is 1.21. The first-order valence-electron chi connectivity index (χ1n) is 6.90. The van der Waals surface area contributed by atoms with Crippen LogP contribution in [0.5, 0.6) is 0 Å². The van der Waals surface area contributed by atoms with E-state index >= 15 is 0 Å². The molecule has 0 saturated carbocycles. The number of hydrogen-bond donors (Lipinski definition) is 2. The Bertz CT molecular complexity index is 841. The summed E-state index contributed by atoms with van der Waals surface area (Å²) in [7, 11) is 0. The highest BCUT2D eigenvalue weighted by atomic mass is 16.3. The number of nitriles is 1. The molecule has 0 saturated heterocycles. The van der Waals surface area contributed by atoms with Crippen molar-refractivity contribution in [2.45, 2.75) is 12.2 Å². The first-order valence-corrected chi connectivity index (χ1v) is 6.90. The molecule has 23 heavy (non-hydrogen) atoms. The number of benzene rings is 2. The molecule has 0 fully saturated rings. The Balaban J connectivity index is 1.85. The molecule has 2 aromatic carbocycles. The summed E-state index contributed by atoms with van der Waals surface area (Å²) < 4.78 is 0. The lowest BCUT2D eigenvalue weighted by Crippen LogP contribution is -2.12. The SMILES string of the molecule is N#Cc1cccc(-n2nnc(C(O)C(O)c3ccccc3)n2)c1. The molecule has 114 valence electrons. The zero-order chi connectivity index (χ0) is 16.2. The van der Waals surface area contributed by atoms with Crippen molar-refractivity contribution in [3.05, 3.63) is 71.5 Å². The Kier molecular flexibility index (Phi) is 4.10. The molecule has 1 heterocycles. The molecule has 0 radical (unpaired) electrons. The molecule has 0 aliphatic rings. The van der Waals surface area contributed by atoms with Crippen LogP contribution in [-0.2, 0) is 0 Å². The number of aromatic nitrogens is 4. The molecule has 7 heteroatoms. The summed E-state index contributed by atoms with van der Waals surface area (Å²) in [5, 5.41) is 41.0. The molecule has 0 bridgehead atoms. The molecule has 2 N–H and O–H groups in total. The van der Waals surface area contributed by atoms with Crippen LogP contribution < -0.4 is 0 Å². The highest BCUT2D eigenvalue weighted by molar-refractivity contribution is 5.39. The lowest BCUT2D eigenvalue weighted by Gasteiger charge is -2.14. The minimum Gasteiger partial charge on any atom is -0.385 e. The van der Waals surface area contributed by atoms with Gasteiger partial charge in [0.05, 0.1) is 17.3 Å². The summed E-state index contributed by atoms with van der Waals surface area (Å²) >= 11 is 0. The van der Waals surface area contributed by atoms with Crippen LogP contribution in [0.3, 0.4) is 0 Å². The summed E-state index contributed by atoms with van der Waals surface area (Å²) in [6, 6.07) is 17.5. The smallest absolute Gasteiger partial charge is 0.206 e. The second-order valence-corrected chi connectivity index (χ2v) is 4.90. The van der Waals surface area contributed by atoms with Gasteiger partial charge < -0.3 is 10.2 Å². The van der Waals surface area contributed by atoms with Crippen molar-refractivity contribution in [2.75, 3.05) is 0 Å². The van der Waals surface area contributed by atoms with Crippen molar-refractivity contribution >= 4 is 0 Å². The second-order valence-electron chi connectivity index (χ2n) is 4.90. The Morgan fingerprint density at radius 1 is 1.00 bits per heavy atom. The largest absolute Gasteiger partial charge is 0.385 e. The van der Waals surface area contributed by atoms with Crippen LogP contribution in [0.15, 0.2) is 54.6 Å². The van der Waals surface area contributed by atoms with Crippen molar-refractivity contribution in [3.63, 3.8) is 0 Å². The zero-order valence-electron chi connectivity index (χ0n) is 12.0. The number of nitrogens with zero attached hydrogens (tertiary/aromatic N) is 5. The topological polar surface area (TPSA) is 108 Å². The van der Waals surface area contributed by atoms with E-state index in [-0.39, 0.29) is 5.82 Å². The van der Waals surface area contributed by atoms with Gasteiger partial charge in [0.25, 0.3) is 0 Å². The van der Waals surface area contributed by atoms with Crippen LogP contribution in [0.2, 0.25) is 0 Å². The fourth-order valence-corrected chi connectivity index (χ4v) is 2.13. The lowest BCUT2D eigenvalue weighted by atomic mass is 10.0. The number of tetrazole rings is 1. The van der Waals surface area contributed by atoms with Crippen molar-refractivity contribution in [3.8, 4) is 11.8 Å². The first kappa shape index (κ1) is 14.8. The molecule has 3 rings (SSSR count). The molecule has 2 unspecified atom stereocenters. The van der Waals surface area contributed by atoms with E-state index in [0.29, 0.717) is 16.8 Å². The van der Waals surface area contributed by atoms with Gasteiger partial charge in [-0.15, -0.1) is 15.0 Å². The Hall–Kier alpha value is -3.08. The number of hydrogen-bond acceptors (Lipinski definition) is 6. The summed E-state index contributed by atoms with van der Waals surface area (Å²) in [5.41, 5.74) is 1.57. The van der Waals surface area contributed by atoms with Crippen LogP contribution in [0.4, 0.5) is 0 Å². The highest BCUT2D eigenvalue weighted by Gasteiger charge is 2.24. The monoisotopic (exact) mass is 307 g/mol. The van der Waals surface area contributed by atoms with Gasteiger partial charge in [0, 0.05) is 0 Å². The van der Waals surface area contributed by atoms with Crippen molar-refractivity contribution in [1.29, 1.82) is 5.26 Å². The van der Waals surface area contributed by atoms with Gasteiger partial charge in [0.15, 0.2) is 0 Å². The average Bonchev–Trinajstić information content (AvgIpc) is 3.11. The van der Waals surface area contributed by atoms with E-state index in [1.54, 1.807) is 48.5 Å². The molecule has 3 aromatic rings. The second kappa shape index (κ2) is 6.36. The van der Waals surface area contributed by atoms with E-state index in [4.69, 9.17) is 5.26 Å². The van der Waals surface area contributed by atoms with E-state index in [0.717, 1.165) is 0 Å². The van der Waals surface area contributed by atoms with Gasteiger partial charge >= 0.3 is 0 Å². The standard InChI is InChI=1S/C16H13N5O2/c17-10-11-5-4-8-13(9-11)21-19-16(18-20-21)15(23)14(22)12-6-2-1-3-7-12/h1-9,14-15,22-23H. The van der Waals surface area contributed by atoms with E-state index in [1.165, 1.54) is 4.80 Å². The van der Waals surface area contributed by atoms with E-state index < -0.39 is 12.2 Å². The van der Waals surface area contributed by atoms with Crippen LogP contribution in [0, 0.1) is 11.3 Å². The highest BCUT2D eigenvalue weighted by Crippen LogP contribution is 2.26. The Labute approximate surface area is 132 Å². The Morgan fingerprint density at radius 2 is 1.78 bits per heavy atom. The molecular weight excluding hydrogens is 294 g/mol. The van der Waals surface area contributed by atoms with Crippen LogP contribution in [0.25, 0.3) is 5.69 Å². The van der Waals surface area contributed by atoms with E-state index in [2.05, 4.69) is 15.4 Å². The molecular formula is C16H13N5O2. The zero-order valence-corrected chi connectivity index (χ0v) is 12.0. The number of aliphatic hydroxyl groups is 2. The van der Waals surface area contributed by atoms with Crippen LogP contribution in [-0.4, -0.2) is 30.4 Å². The van der Waals surface area contributed by atoms with Crippen molar-refractivity contribution in [2.24, 2.45) is 0 Å². The first-order chi connectivity index (χ1) is 11.2. The fraction of sp³-hybridized carbons (Fsp3) is 0.125. The maximum atomic E-state index is 10.2. The van der Waals surface area contributed by atoms with Gasteiger partial charge in [0.1, 0.15) is 12.2 Å². The molecule has 0 amide bonds. The summed E-state index contributed by atoms with van der Waals surface area (Å²) in [5.74, 6) is 0.00344. The van der Waals surface area contributed by atoms with Crippen molar-refractivity contribution < 1.29 is 10.2 Å². The van der Waals surface area contributed by atoms with Gasteiger partial charge in [-0.1, -0.05) is 36.4 Å². The summed E-state index contributed by atoms with van der Waals surface area (Å²) in [6.45, 7) is 0. The molecule has 0 aliphatic heterocycles. The third-order valence-electron chi connectivity index (χ3n) is 3.34. The minimum atomic E-state index is -1.30. The quantitative estimate of drug-likeness (QED) is 0.752. The predicted molar refractivity (Wildman–Crippen MR) is 80.2 cm³/mol. The van der Waals surface area contributed by atoms with Gasteiger partial charge in [-0.2, -0.15) is 5.26 Å². The number of aliphatic hydroxyl groups excluding tert-OH is 2. The van der Waals surface area contributed by atoms with Gasteiger partial charge in [0.2, 0.25) is 5.82 Å². The Morgan fingerprint density at radius 3 is 2.52 bits per heavy atom. The van der Waals surface area contributed by atoms with Gasteiger partial charge in [-0.05, 0) is 29.0 Å². The molecule has 7 nitrogen and oxygen atoms in total. The van der Waals surface area contributed by atoms with Gasteiger partial charge in [-0.3, -0.25) is 0 Å². The van der Waals surface area contributed by atoms with Gasteiger partial charge in [-0.25, -0.2) is 0 Å². The third-order valence-corrected chi connectivity index (χ3v) is 3.34. The average molecular weight is 307 g/mol. The van der Waals surface area contributed by atoms with E-state index in [9.17, 15) is 10.2 Å². The fourth-order valence-electron chi connectivity index (χ4n) is 2.13. The lowest BCUT2D eigenvalue weighted by molar-refractivity contribution is 0.0117. The van der Waals surface area contributed by atoms with Crippen molar-refractivity contribution in [1.82, 2.24) is 20.2 Å². The summed E-state index contributed by atoms with van der Waals surface area (Å²) in [6.07, 6.45) is -2.45. The van der Waals surface area contributed by atoms with E-state index in [1.807, 2.05) is 12.1 Å². The normalized spacial score (nSPS) is 13.3. The van der Waals surface area contributed by atoms with Crippen LogP contribution >= 0.6 is 0 Å². The predicted octanol–water partition coefficient (Wildman–Crippen LogP) is 1.30. The maximum absolute atomic E-state index is 10.2. The number of rotatable bonds is 4.